The zero-order chi connectivity index (χ0) is 14.0. The number of hydrogen-bond acceptors (Lipinski definition) is 5. The Morgan fingerprint density at radius 3 is 2.89 bits per heavy atom. The van der Waals surface area contributed by atoms with E-state index in [0.29, 0.717) is 12.4 Å². The van der Waals surface area contributed by atoms with E-state index in [1.54, 1.807) is 6.92 Å². The molecule has 0 N–H and O–H groups in total. The Labute approximate surface area is 115 Å². The lowest BCUT2D eigenvalue weighted by molar-refractivity contribution is -0.385. The minimum atomic E-state index is -0.540. The number of carbonyl (C=O) groups excluding carboxylic acids is 1. The van der Waals surface area contributed by atoms with Crippen molar-refractivity contribution in [1.82, 2.24) is 4.98 Å². The molecule has 7 heteroatoms. The van der Waals surface area contributed by atoms with Crippen LogP contribution in [0.5, 0.6) is 0 Å². The molecular weight excluding hydrogens is 270 g/mol. The average molecular weight is 284 g/mol. The van der Waals surface area contributed by atoms with Crippen LogP contribution in [0, 0.1) is 10.1 Å². The largest absolute Gasteiger partial charge is 0.345 e. The molecule has 1 aromatic heterocycles. The van der Waals surface area contributed by atoms with Crippen molar-refractivity contribution in [3.63, 3.8) is 0 Å². The quantitative estimate of drug-likeness (QED) is 0.629. The van der Waals surface area contributed by atoms with Gasteiger partial charge in [-0.2, -0.15) is 0 Å². The Bertz CT molecular complexity index is 521. The first-order chi connectivity index (χ1) is 9.00. The van der Waals surface area contributed by atoms with E-state index in [1.807, 2.05) is 4.90 Å². The minimum Gasteiger partial charge on any atom is -0.345 e. The van der Waals surface area contributed by atoms with E-state index in [0.717, 1.165) is 19.3 Å². The summed E-state index contributed by atoms with van der Waals surface area (Å²) in [7, 11) is 0. The van der Waals surface area contributed by atoms with Gasteiger partial charge in [-0.15, -0.1) is 0 Å². The van der Waals surface area contributed by atoms with Crippen LogP contribution < -0.4 is 4.90 Å². The van der Waals surface area contributed by atoms with Crippen molar-refractivity contribution in [2.45, 2.75) is 32.2 Å². The third kappa shape index (κ3) is 2.84. The molecule has 0 radical (unpaired) electrons. The maximum absolute atomic E-state index is 11.6. The molecule has 1 aromatic rings. The lowest BCUT2D eigenvalue weighted by Gasteiger charge is -2.35. The first kappa shape index (κ1) is 13.7. The normalized spacial score (nSPS) is 19.3. The molecule has 1 atom stereocenters. The highest BCUT2D eigenvalue weighted by Gasteiger charge is 2.29. The number of piperidine rings is 1. The molecule has 102 valence electrons. The Balaban J connectivity index is 2.34. The zero-order valence-corrected chi connectivity index (χ0v) is 11.3. The summed E-state index contributed by atoms with van der Waals surface area (Å²) in [6.45, 7) is 2.23. The van der Waals surface area contributed by atoms with Crippen molar-refractivity contribution in [2.75, 3.05) is 11.4 Å². The van der Waals surface area contributed by atoms with Gasteiger partial charge in [0.15, 0.2) is 5.78 Å². The number of nitro groups is 1. The lowest BCUT2D eigenvalue weighted by Crippen LogP contribution is -2.44. The topological polar surface area (TPSA) is 76.3 Å². The molecule has 6 nitrogen and oxygen atoms in total. The number of pyridine rings is 1. The number of aromatic nitrogens is 1. The molecule has 1 aliphatic rings. The van der Waals surface area contributed by atoms with Gasteiger partial charge in [0.2, 0.25) is 0 Å². The van der Waals surface area contributed by atoms with Crippen LogP contribution in [0.1, 0.15) is 26.2 Å². The average Bonchev–Trinajstić information content (AvgIpc) is 2.38. The summed E-state index contributed by atoms with van der Waals surface area (Å²) >= 11 is 6.06. The Morgan fingerprint density at radius 2 is 2.32 bits per heavy atom. The summed E-state index contributed by atoms with van der Waals surface area (Å²) in [5.41, 5.74) is -0.148. The fourth-order valence-electron chi connectivity index (χ4n) is 2.34. The van der Waals surface area contributed by atoms with E-state index in [9.17, 15) is 14.9 Å². The number of halogens is 1. The number of anilines is 1. The van der Waals surface area contributed by atoms with E-state index in [-0.39, 0.29) is 22.5 Å². The molecule has 0 bridgehead atoms. The second kappa shape index (κ2) is 5.52. The molecule has 1 unspecified atom stereocenters. The van der Waals surface area contributed by atoms with Gasteiger partial charge < -0.3 is 4.90 Å². The van der Waals surface area contributed by atoms with Gasteiger partial charge in [0.25, 0.3) is 5.69 Å². The van der Waals surface area contributed by atoms with Crippen molar-refractivity contribution in [3.05, 3.63) is 27.4 Å². The summed E-state index contributed by atoms with van der Waals surface area (Å²) in [6, 6.07) is 1.04. The molecule has 0 spiro atoms. The van der Waals surface area contributed by atoms with Gasteiger partial charge in [-0.1, -0.05) is 11.6 Å². The third-order valence-corrected chi connectivity index (χ3v) is 3.54. The molecular formula is C12H14ClN3O3. The van der Waals surface area contributed by atoms with E-state index in [4.69, 9.17) is 11.6 Å². The Kier molecular flexibility index (Phi) is 3.99. The number of rotatable bonds is 3. The second-order valence-corrected chi connectivity index (χ2v) is 4.98. The summed E-state index contributed by atoms with van der Waals surface area (Å²) < 4.78 is 0. The predicted octanol–water partition coefficient (Wildman–Crippen LogP) is 2.59. The summed E-state index contributed by atoms with van der Waals surface area (Å²) in [6.07, 6.45) is 3.89. The Hall–Kier alpha value is -1.69. The monoisotopic (exact) mass is 283 g/mol. The maximum atomic E-state index is 11.6. The van der Waals surface area contributed by atoms with Gasteiger partial charge in [-0.3, -0.25) is 14.9 Å². The second-order valence-electron chi connectivity index (χ2n) is 4.57. The fraction of sp³-hybridized carbons (Fsp3) is 0.500. The van der Waals surface area contributed by atoms with E-state index in [1.165, 1.54) is 12.3 Å². The highest BCUT2D eigenvalue weighted by Crippen LogP contribution is 2.31. The van der Waals surface area contributed by atoms with Crippen LogP contribution in [0.4, 0.5) is 11.5 Å². The van der Waals surface area contributed by atoms with Crippen LogP contribution in [0.2, 0.25) is 5.02 Å². The highest BCUT2D eigenvalue weighted by atomic mass is 35.5. The van der Waals surface area contributed by atoms with Crippen LogP contribution in [0.25, 0.3) is 0 Å². The van der Waals surface area contributed by atoms with Gasteiger partial charge in [0, 0.05) is 12.6 Å². The van der Waals surface area contributed by atoms with Gasteiger partial charge in [0.1, 0.15) is 12.0 Å². The highest BCUT2D eigenvalue weighted by molar-refractivity contribution is 6.33. The molecule has 0 saturated carbocycles. The van der Waals surface area contributed by atoms with Crippen molar-refractivity contribution < 1.29 is 9.72 Å². The zero-order valence-electron chi connectivity index (χ0n) is 10.5. The van der Waals surface area contributed by atoms with E-state index in [2.05, 4.69) is 4.98 Å². The van der Waals surface area contributed by atoms with Crippen molar-refractivity contribution in [2.24, 2.45) is 0 Å². The number of hydrogen-bond donors (Lipinski definition) is 0. The molecule has 2 heterocycles. The van der Waals surface area contributed by atoms with Crippen LogP contribution in [0.15, 0.2) is 12.3 Å². The third-order valence-electron chi connectivity index (χ3n) is 3.26. The molecule has 2 rings (SSSR count). The van der Waals surface area contributed by atoms with Crippen LogP contribution in [-0.4, -0.2) is 28.3 Å². The van der Waals surface area contributed by atoms with E-state index < -0.39 is 4.92 Å². The van der Waals surface area contributed by atoms with Crippen LogP contribution >= 0.6 is 11.6 Å². The molecule has 0 aromatic carbocycles. The first-order valence-corrected chi connectivity index (χ1v) is 6.45. The summed E-state index contributed by atoms with van der Waals surface area (Å²) in [5.74, 6) is 0.517. The van der Waals surface area contributed by atoms with Gasteiger partial charge in [0.05, 0.1) is 16.0 Å². The standard InChI is InChI=1S/C12H14ClN3O3/c1-8(17)11-4-2-3-5-15(11)12-10(13)6-9(7-14-12)16(18)19/h6-7,11H,2-5H2,1H3. The first-order valence-electron chi connectivity index (χ1n) is 6.07. The lowest BCUT2D eigenvalue weighted by atomic mass is 9.99. The maximum Gasteiger partial charge on any atom is 0.289 e. The van der Waals surface area contributed by atoms with Crippen molar-refractivity contribution in [1.29, 1.82) is 0 Å². The van der Waals surface area contributed by atoms with Crippen LogP contribution in [0.3, 0.4) is 0 Å². The number of nitrogens with zero attached hydrogens (tertiary/aromatic N) is 3. The number of carbonyl (C=O) groups is 1. The number of Topliss-reactive ketones (excluding diaryl/α,β-unsaturated/α-hetero) is 1. The predicted molar refractivity (Wildman–Crippen MR) is 71.6 cm³/mol. The summed E-state index contributed by atoms with van der Waals surface area (Å²) in [4.78, 5) is 27.7. The molecule has 1 saturated heterocycles. The summed E-state index contributed by atoms with van der Waals surface area (Å²) in [5, 5.41) is 10.9. The SMILES string of the molecule is CC(=O)C1CCCCN1c1ncc([N+](=O)[O-])cc1Cl. The van der Waals surface area contributed by atoms with E-state index >= 15 is 0 Å². The van der Waals surface area contributed by atoms with Gasteiger partial charge in [-0.25, -0.2) is 4.98 Å². The van der Waals surface area contributed by atoms with Gasteiger partial charge >= 0.3 is 0 Å². The molecule has 0 aliphatic carbocycles. The van der Waals surface area contributed by atoms with Crippen molar-refractivity contribution in [3.8, 4) is 0 Å². The molecule has 1 aliphatic heterocycles. The smallest absolute Gasteiger partial charge is 0.289 e. The van der Waals surface area contributed by atoms with Gasteiger partial charge in [-0.05, 0) is 26.2 Å². The number of ketones is 1. The van der Waals surface area contributed by atoms with Crippen molar-refractivity contribution >= 4 is 28.9 Å². The molecule has 0 amide bonds. The Morgan fingerprint density at radius 1 is 1.58 bits per heavy atom. The molecule has 1 fully saturated rings. The molecule has 19 heavy (non-hydrogen) atoms. The fourth-order valence-corrected chi connectivity index (χ4v) is 2.61. The minimum absolute atomic E-state index is 0.0657. The van der Waals surface area contributed by atoms with Crippen LogP contribution in [-0.2, 0) is 4.79 Å².